The highest BCUT2D eigenvalue weighted by Crippen LogP contribution is 2.30. The van der Waals surface area contributed by atoms with Crippen molar-refractivity contribution < 1.29 is 22.7 Å². The van der Waals surface area contributed by atoms with Crippen molar-refractivity contribution in [3.05, 3.63) is 39.0 Å². The summed E-state index contributed by atoms with van der Waals surface area (Å²) in [4.78, 5) is 12.3. The number of sulfonamides is 1. The van der Waals surface area contributed by atoms with Gasteiger partial charge in [-0.2, -0.15) is 4.31 Å². The number of ether oxygens (including phenoxy) is 2. The number of amides is 1. The number of thiophene rings is 1. The quantitative estimate of drug-likeness (QED) is 0.741. The molecule has 0 bridgehead atoms. The van der Waals surface area contributed by atoms with E-state index in [-0.39, 0.29) is 29.6 Å². The van der Waals surface area contributed by atoms with Crippen LogP contribution in [0.4, 0.5) is 5.69 Å². The third kappa shape index (κ3) is 4.09. The van der Waals surface area contributed by atoms with Crippen molar-refractivity contribution in [3.8, 4) is 5.75 Å². The number of hydrogen-bond donors (Lipinski definition) is 1. The molecule has 10 heteroatoms. The Hall–Kier alpha value is -1.46. The van der Waals surface area contributed by atoms with Crippen molar-refractivity contribution >= 4 is 48.9 Å². The Bertz CT molecular complexity index is 907. The molecular weight excluding hydrogens is 444 g/mol. The summed E-state index contributed by atoms with van der Waals surface area (Å²) < 4.78 is 38.5. The van der Waals surface area contributed by atoms with Crippen molar-refractivity contribution in [2.45, 2.75) is 4.90 Å². The van der Waals surface area contributed by atoms with E-state index in [1.54, 1.807) is 17.5 Å². The van der Waals surface area contributed by atoms with E-state index in [1.165, 1.54) is 34.9 Å². The average molecular weight is 461 g/mol. The van der Waals surface area contributed by atoms with Gasteiger partial charge in [0, 0.05) is 24.2 Å². The number of carbonyl (C=O) groups is 1. The van der Waals surface area contributed by atoms with Gasteiger partial charge in [-0.05, 0) is 40.2 Å². The van der Waals surface area contributed by atoms with E-state index in [1.807, 2.05) is 0 Å². The number of morpholine rings is 1. The molecule has 3 rings (SSSR count). The molecule has 0 radical (unpaired) electrons. The molecule has 0 saturated carbocycles. The predicted octanol–water partition coefficient (Wildman–Crippen LogP) is 2.79. The maximum absolute atomic E-state index is 13.0. The summed E-state index contributed by atoms with van der Waals surface area (Å²) >= 11 is 4.71. The molecule has 2 heterocycles. The summed E-state index contributed by atoms with van der Waals surface area (Å²) in [6, 6.07) is 6.26. The smallest absolute Gasteiger partial charge is 0.256 e. The monoisotopic (exact) mass is 460 g/mol. The van der Waals surface area contributed by atoms with E-state index in [0.717, 1.165) is 3.79 Å². The highest BCUT2D eigenvalue weighted by molar-refractivity contribution is 9.11. The molecule has 1 aromatic heterocycles. The Labute approximate surface area is 164 Å². The van der Waals surface area contributed by atoms with Gasteiger partial charge in [0.05, 0.1) is 29.7 Å². The number of anilines is 1. The topological polar surface area (TPSA) is 84.9 Å². The number of nitrogens with zero attached hydrogens (tertiary/aromatic N) is 1. The summed E-state index contributed by atoms with van der Waals surface area (Å²) in [5, 5.41) is 4.44. The highest BCUT2D eigenvalue weighted by Gasteiger charge is 2.29. The Morgan fingerprint density at radius 3 is 2.65 bits per heavy atom. The van der Waals surface area contributed by atoms with Crippen LogP contribution in [0.3, 0.4) is 0 Å². The van der Waals surface area contributed by atoms with E-state index in [0.29, 0.717) is 24.5 Å². The molecule has 1 saturated heterocycles. The molecule has 0 unspecified atom stereocenters. The van der Waals surface area contributed by atoms with Crippen molar-refractivity contribution in [1.82, 2.24) is 4.31 Å². The second-order valence-electron chi connectivity index (χ2n) is 5.48. The molecule has 1 N–H and O–H groups in total. The van der Waals surface area contributed by atoms with Crippen molar-refractivity contribution in [3.63, 3.8) is 0 Å². The molecule has 0 aliphatic carbocycles. The molecule has 2 aromatic rings. The lowest BCUT2D eigenvalue weighted by atomic mass is 10.2. The second kappa shape index (κ2) is 8.05. The van der Waals surface area contributed by atoms with Crippen LogP contribution in [0.2, 0.25) is 0 Å². The van der Waals surface area contributed by atoms with Gasteiger partial charge in [-0.15, -0.1) is 11.3 Å². The van der Waals surface area contributed by atoms with Crippen LogP contribution in [0.1, 0.15) is 10.4 Å². The molecule has 1 aromatic carbocycles. The minimum Gasteiger partial charge on any atom is -0.495 e. The Morgan fingerprint density at radius 1 is 1.31 bits per heavy atom. The minimum atomic E-state index is -3.75. The van der Waals surface area contributed by atoms with E-state index in [9.17, 15) is 13.2 Å². The molecule has 0 spiro atoms. The van der Waals surface area contributed by atoms with Gasteiger partial charge in [-0.1, -0.05) is 0 Å². The van der Waals surface area contributed by atoms with Crippen molar-refractivity contribution in [2.75, 3.05) is 38.7 Å². The first-order chi connectivity index (χ1) is 12.4. The van der Waals surface area contributed by atoms with E-state index in [2.05, 4.69) is 21.2 Å². The molecule has 1 aliphatic heterocycles. The first kappa shape index (κ1) is 19.3. The largest absolute Gasteiger partial charge is 0.495 e. The summed E-state index contributed by atoms with van der Waals surface area (Å²) in [5.74, 6) is -0.0837. The van der Waals surface area contributed by atoms with Gasteiger partial charge in [0.1, 0.15) is 10.6 Å². The summed E-state index contributed by atoms with van der Waals surface area (Å²) in [6.07, 6.45) is 0. The van der Waals surface area contributed by atoms with Crippen LogP contribution in [0.5, 0.6) is 5.75 Å². The number of hydrogen-bond acceptors (Lipinski definition) is 6. The van der Waals surface area contributed by atoms with Crippen LogP contribution in [0.15, 0.2) is 38.3 Å². The lowest BCUT2D eigenvalue weighted by Gasteiger charge is -2.26. The summed E-state index contributed by atoms with van der Waals surface area (Å²) in [6.45, 7) is 1.27. The maximum atomic E-state index is 13.0. The summed E-state index contributed by atoms with van der Waals surface area (Å²) in [5.41, 5.74) is 0.875. The molecule has 1 aliphatic rings. The molecule has 26 heavy (non-hydrogen) atoms. The molecule has 1 fully saturated rings. The lowest BCUT2D eigenvalue weighted by molar-refractivity contribution is 0.0729. The number of carbonyl (C=O) groups excluding carboxylic acids is 1. The average Bonchev–Trinajstić information content (AvgIpc) is 3.09. The molecular formula is C16H17BrN2O5S2. The normalized spacial score (nSPS) is 15.6. The maximum Gasteiger partial charge on any atom is 0.256 e. The first-order valence-electron chi connectivity index (χ1n) is 7.73. The first-order valence-corrected chi connectivity index (χ1v) is 10.8. The second-order valence-corrected chi connectivity index (χ2v) is 9.67. The Kier molecular flexibility index (Phi) is 5.98. The van der Waals surface area contributed by atoms with E-state index >= 15 is 0 Å². The van der Waals surface area contributed by atoms with E-state index < -0.39 is 10.0 Å². The van der Waals surface area contributed by atoms with E-state index in [4.69, 9.17) is 9.47 Å². The van der Waals surface area contributed by atoms with Gasteiger partial charge < -0.3 is 14.8 Å². The fraction of sp³-hybridized carbons (Fsp3) is 0.312. The highest BCUT2D eigenvalue weighted by atomic mass is 79.9. The minimum absolute atomic E-state index is 0.0196. The zero-order valence-electron chi connectivity index (χ0n) is 13.9. The zero-order chi connectivity index (χ0) is 18.7. The molecule has 140 valence electrons. The summed E-state index contributed by atoms with van der Waals surface area (Å²) in [7, 11) is -2.34. The SMILES string of the molecule is COc1ccc(NC(=O)c2csc(Br)c2)cc1S(=O)(=O)N1CCOCC1. The number of benzene rings is 1. The third-order valence-electron chi connectivity index (χ3n) is 3.84. The number of nitrogens with one attached hydrogen (secondary N) is 1. The van der Waals surface area contributed by atoms with Gasteiger partial charge in [0.15, 0.2) is 0 Å². The van der Waals surface area contributed by atoms with Crippen LogP contribution < -0.4 is 10.1 Å². The molecule has 0 atom stereocenters. The van der Waals surface area contributed by atoms with Crippen LogP contribution in [0, 0.1) is 0 Å². The van der Waals surface area contributed by atoms with Gasteiger partial charge in [0.25, 0.3) is 5.91 Å². The Morgan fingerprint density at radius 2 is 2.04 bits per heavy atom. The number of rotatable bonds is 5. The van der Waals surface area contributed by atoms with Crippen LogP contribution in [-0.4, -0.2) is 52.0 Å². The van der Waals surface area contributed by atoms with Crippen LogP contribution in [0.25, 0.3) is 0 Å². The van der Waals surface area contributed by atoms with Gasteiger partial charge in [-0.3, -0.25) is 4.79 Å². The number of halogens is 1. The van der Waals surface area contributed by atoms with Crippen molar-refractivity contribution in [2.24, 2.45) is 0 Å². The molecule has 7 nitrogen and oxygen atoms in total. The van der Waals surface area contributed by atoms with Gasteiger partial charge >= 0.3 is 0 Å². The van der Waals surface area contributed by atoms with Gasteiger partial charge in [0.2, 0.25) is 10.0 Å². The van der Waals surface area contributed by atoms with Crippen molar-refractivity contribution in [1.29, 1.82) is 0 Å². The standard InChI is InChI=1S/C16H17BrN2O5S2/c1-23-13-3-2-12(18-16(20)11-8-15(17)25-10-11)9-14(13)26(21,22)19-4-6-24-7-5-19/h2-3,8-10H,4-7H2,1H3,(H,18,20). The fourth-order valence-electron chi connectivity index (χ4n) is 2.51. The number of methoxy groups -OCH3 is 1. The third-order valence-corrected chi connectivity index (χ3v) is 7.26. The Balaban J connectivity index is 1.90. The predicted molar refractivity (Wildman–Crippen MR) is 103 cm³/mol. The molecule has 1 amide bonds. The zero-order valence-corrected chi connectivity index (χ0v) is 17.1. The van der Waals surface area contributed by atoms with Crippen LogP contribution in [-0.2, 0) is 14.8 Å². The lowest BCUT2D eigenvalue weighted by Crippen LogP contribution is -2.40. The fourth-order valence-corrected chi connectivity index (χ4v) is 5.24. The van der Waals surface area contributed by atoms with Crippen LogP contribution >= 0.6 is 27.3 Å². The van der Waals surface area contributed by atoms with Gasteiger partial charge in [-0.25, -0.2) is 8.42 Å².